The quantitative estimate of drug-likeness (QED) is 0.568. The number of hydrogen-bond acceptors (Lipinski definition) is 4. The van der Waals surface area contributed by atoms with Gasteiger partial charge in [0, 0.05) is 18.7 Å². The zero-order valence-electron chi connectivity index (χ0n) is 11.1. The van der Waals surface area contributed by atoms with Crippen LogP contribution in [0, 0.1) is 0 Å². The number of halogens is 1. The molecule has 1 aromatic rings. The number of alkyl halides is 1. The van der Waals surface area contributed by atoms with Crippen molar-refractivity contribution in [1.82, 2.24) is 0 Å². The monoisotopic (exact) mass is 285 g/mol. The molecule has 0 heterocycles. The first-order valence-corrected chi connectivity index (χ1v) is 6.91. The van der Waals surface area contributed by atoms with Gasteiger partial charge in [-0.1, -0.05) is 12.1 Å². The fourth-order valence-corrected chi connectivity index (χ4v) is 1.67. The average Bonchev–Trinajstić information content (AvgIpc) is 2.44. The normalized spacial score (nSPS) is 11.9. The highest BCUT2D eigenvalue weighted by Gasteiger charge is 2.04. The summed E-state index contributed by atoms with van der Waals surface area (Å²) >= 11 is 5.51. The van der Waals surface area contributed by atoms with E-state index in [2.05, 4.69) is 5.32 Å². The Morgan fingerprint density at radius 2 is 2.11 bits per heavy atom. The van der Waals surface area contributed by atoms with Crippen molar-refractivity contribution in [3.05, 3.63) is 29.8 Å². The number of esters is 1. The van der Waals surface area contributed by atoms with E-state index in [-0.39, 0.29) is 11.8 Å². The van der Waals surface area contributed by atoms with Crippen molar-refractivity contribution in [3.8, 4) is 0 Å². The molecule has 0 spiro atoms. The van der Waals surface area contributed by atoms with Crippen LogP contribution in [0.25, 0.3) is 0 Å². The second-order valence-electron chi connectivity index (χ2n) is 4.19. The third kappa shape index (κ3) is 6.45. The molecule has 1 rings (SSSR count). The van der Waals surface area contributed by atoms with Crippen LogP contribution in [0.5, 0.6) is 0 Å². The third-order valence-corrected chi connectivity index (χ3v) is 2.95. The molecule has 0 saturated carbocycles. The summed E-state index contributed by atoms with van der Waals surface area (Å²) in [5, 5.41) is 12.4. The van der Waals surface area contributed by atoms with E-state index in [1.165, 1.54) is 0 Å². The van der Waals surface area contributed by atoms with Crippen molar-refractivity contribution in [2.75, 3.05) is 24.3 Å². The Morgan fingerprint density at radius 1 is 1.42 bits per heavy atom. The third-order valence-electron chi connectivity index (χ3n) is 2.60. The van der Waals surface area contributed by atoms with E-state index in [1.54, 1.807) is 6.92 Å². The van der Waals surface area contributed by atoms with Crippen LogP contribution in [0.3, 0.4) is 0 Å². The van der Waals surface area contributed by atoms with Crippen molar-refractivity contribution < 1.29 is 14.6 Å². The summed E-state index contributed by atoms with van der Waals surface area (Å²) < 4.78 is 4.87. The Bertz CT molecular complexity index is 381. The Hall–Kier alpha value is -1.26. The fourth-order valence-electron chi connectivity index (χ4n) is 1.56. The number of carbonyl (C=O) groups is 1. The van der Waals surface area contributed by atoms with E-state index < -0.39 is 6.10 Å². The van der Waals surface area contributed by atoms with Crippen LogP contribution in [0.15, 0.2) is 24.3 Å². The first kappa shape index (κ1) is 15.8. The van der Waals surface area contributed by atoms with E-state index in [1.807, 2.05) is 24.3 Å². The molecule has 1 aromatic carbocycles. The zero-order chi connectivity index (χ0) is 14.1. The standard InChI is InChI=1S/C14H20ClNO3/c1-2-19-14(18)8-5-11-3-6-12(7-4-11)16-10-13(17)9-15/h3-4,6-7,13,16-17H,2,5,8-10H2,1H3. The Morgan fingerprint density at radius 3 is 2.68 bits per heavy atom. The number of rotatable bonds is 8. The molecule has 0 radical (unpaired) electrons. The van der Waals surface area contributed by atoms with Gasteiger partial charge >= 0.3 is 5.97 Å². The van der Waals surface area contributed by atoms with Crippen LogP contribution in [0.1, 0.15) is 18.9 Å². The van der Waals surface area contributed by atoms with Crippen LogP contribution in [-0.2, 0) is 16.0 Å². The minimum absolute atomic E-state index is 0.171. The lowest BCUT2D eigenvalue weighted by molar-refractivity contribution is -0.143. The number of ether oxygens (including phenoxy) is 1. The number of anilines is 1. The Balaban J connectivity index is 2.37. The first-order valence-electron chi connectivity index (χ1n) is 6.38. The van der Waals surface area contributed by atoms with Crippen LogP contribution in [0.4, 0.5) is 5.69 Å². The largest absolute Gasteiger partial charge is 0.466 e. The maximum atomic E-state index is 11.2. The van der Waals surface area contributed by atoms with E-state index in [4.69, 9.17) is 16.3 Å². The molecule has 4 nitrogen and oxygen atoms in total. The highest BCUT2D eigenvalue weighted by Crippen LogP contribution is 2.11. The predicted molar refractivity (Wildman–Crippen MR) is 76.6 cm³/mol. The van der Waals surface area contributed by atoms with Crippen LogP contribution < -0.4 is 5.32 Å². The molecule has 5 heteroatoms. The smallest absolute Gasteiger partial charge is 0.306 e. The number of carbonyl (C=O) groups excluding carboxylic acids is 1. The second-order valence-corrected chi connectivity index (χ2v) is 4.50. The molecule has 0 aliphatic carbocycles. The molecule has 0 amide bonds. The maximum absolute atomic E-state index is 11.2. The van der Waals surface area contributed by atoms with E-state index >= 15 is 0 Å². The first-order chi connectivity index (χ1) is 9.15. The lowest BCUT2D eigenvalue weighted by Crippen LogP contribution is -2.20. The van der Waals surface area contributed by atoms with E-state index in [0.717, 1.165) is 11.3 Å². The van der Waals surface area contributed by atoms with Crippen LogP contribution in [-0.4, -0.2) is 36.2 Å². The molecule has 0 aliphatic rings. The minimum Gasteiger partial charge on any atom is -0.466 e. The Labute approximate surface area is 118 Å². The summed E-state index contributed by atoms with van der Waals surface area (Å²) in [6, 6.07) is 7.74. The molecular formula is C14H20ClNO3. The average molecular weight is 286 g/mol. The summed E-state index contributed by atoms with van der Waals surface area (Å²) in [6.07, 6.45) is 0.514. The molecule has 19 heavy (non-hydrogen) atoms. The molecule has 1 unspecified atom stereocenters. The fraction of sp³-hybridized carbons (Fsp3) is 0.500. The summed E-state index contributed by atoms with van der Waals surface area (Å²) in [6.45, 7) is 2.64. The molecule has 0 saturated heterocycles. The highest BCUT2D eigenvalue weighted by molar-refractivity contribution is 6.18. The summed E-state index contributed by atoms with van der Waals surface area (Å²) in [5.74, 6) is 0.0416. The zero-order valence-corrected chi connectivity index (χ0v) is 11.8. The molecular weight excluding hydrogens is 266 g/mol. The van der Waals surface area contributed by atoms with Crippen molar-refractivity contribution >= 4 is 23.3 Å². The molecule has 0 fully saturated rings. The van der Waals surface area contributed by atoms with Gasteiger partial charge in [0.15, 0.2) is 0 Å². The summed E-state index contributed by atoms with van der Waals surface area (Å²) in [7, 11) is 0. The molecule has 0 bridgehead atoms. The van der Waals surface area contributed by atoms with Gasteiger partial charge < -0.3 is 15.2 Å². The van der Waals surface area contributed by atoms with Crippen molar-refractivity contribution in [1.29, 1.82) is 0 Å². The number of hydrogen-bond donors (Lipinski definition) is 2. The number of benzene rings is 1. The van der Waals surface area contributed by atoms with Gasteiger partial charge in [0.25, 0.3) is 0 Å². The van der Waals surface area contributed by atoms with Gasteiger partial charge in [-0.3, -0.25) is 4.79 Å². The van der Waals surface area contributed by atoms with Gasteiger partial charge in [0.05, 0.1) is 18.6 Å². The minimum atomic E-state index is -0.551. The van der Waals surface area contributed by atoms with Crippen molar-refractivity contribution in [2.24, 2.45) is 0 Å². The van der Waals surface area contributed by atoms with Gasteiger partial charge in [-0.05, 0) is 31.0 Å². The Kier molecular flexibility index (Phi) is 7.30. The second kappa shape index (κ2) is 8.77. The van der Waals surface area contributed by atoms with E-state index in [9.17, 15) is 9.90 Å². The molecule has 0 aromatic heterocycles. The van der Waals surface area contributed by atoms with E-state index in [0.29, 0.717) is 26.0 Å². The number of aliphatic hydroxyl groups is 1. The molecule has 106 valence electrons. The SMILES string of the molecule is CCOC(=O)CCc1ccc(NCC(O)CCl)cc1. The summed E-state index contributed by atoms with van der Waals surface area (Å²) in [5.41, 5.74) is 2.00. The van der Waals surface area contributed by atoms with Crippen LogP contribution in [0.2, 0.25) is 0 Å². The lowest BCUT2D eigenvalue weighted by Gasteiger charge is -2.10. The highest BCUT2D eigenvalue weighted by atomic mass is 35.5. The number of aryl methyl sites for hydroxylation is 1. The van der Waals surface area contributed by atoms with Gasteiger partial charge in [-0.25, -0.2) is 0 Å². The molecule has 0 aliphatic heterocycles. The topological polar surface area (TPSA) is 58.6 Å². The van der Waals surface area contributed by atoms with Gasteiger partial charge in [0.2, 0.25) is 0 Å². The number of aliphatic hydroxyl groups excluding tert-OH is 1. The van der Waals surface area contributed by atoms with Crippen molar-refractivity contribution in [2.45, 2.75) is 25.9 Å². The maximum Gasteiger partial charge on any atom is 0.306 e. The molecule has 1 atom stereocenters. The molecule has 2 N–H and O–H groups in total. The number of nitrogens with one attached hydrogen (secondary N) is 1. The lowest BCUT2D eigenvalue weighted by atomic mass is 10.1. The van der Waals surface area contributed by atoms with Gasteiger partial charge in [0.1, 0.15) is 0 Å². The van der Waals surface area contributed by atoms with Crippen LogP contribution >= 0.6 is 11.6 Å². The van der Waals surface area contributed by atoms with Crippen molar-refractivity contribution in [3.63, 3.8) is 0 Å². The predicted octanol–water partition coefficient (Wildman–Crippen LogP) is 2.19. The van der Waals surface area contributed by atoms with Gasteiger partial charge in [-0.15, -0.1) is 11.6 Å². The summed E-state index contributed by atoms with van der Waals surface area (Å²) in [4.78, 5) is 11.2. The van der Waals surface area contributed by atoms with Gasteiger partial charge in [-0.2, -0.15) is 0 Å².